The number of allylic oxidation sites excluding steroid dienone is 1. The maximum absolute atomic E-state index is 3.76. The molecule has 0 bridgehead atoms. The molecule has 16 heavy (non-hydrogen) atoms. The molecule has 1 rings (SSSR count). The molecule has 0 saturated carbocycles. The van der Waals surface area contributed by atoms with Crippen molar-refractivity contribution in [2.75, 3.05) is 26.2 Å². The SMILES string of the molecule is C=CCCC(C)NCCN1CCCCCC1. The topological polar surface area (TPSA) is 15.3 Å². The summed E-state index contributed by atoms with van der Waals surface area (Å²) in [5.41, 5.74) is 0. The first-order valence-corrected chi connectivity index (χ1v) is 6.89. The first kappa shape index (κ1) is 13.7. The van der Waals surface area contributed by atoms with Crippen molar-refractivity contribution in [3.8, 4) is 0 Å². The van der Waals surface area contributed by atoms with Crippen molar-refractivity contribution in [2.24, 2.45) is 0 Å². The third-order valence-electron chi connectivity index (χ3n) is 3.42. The van der Waals surface area contributed by atoms with E-state index in [0.29, 0.717) is 6.04 Å². The predicted octanol–water partition coefficient (Wildman–Crippen LogP) is 2.81. The van der Waals surface area contributed by atoms with Crippen molar-refractivity contribution >= 4 is 0 Å². The summed E-state index contributed by atoms with van der Waals surface area (Å²) in [4.78, 5) is 2.61. The third-order valence-corrected chi connectivity index (χ3v) is 3.42. The number of nitrogens with one attached hydrogen (secondary N) is 1. The van der Waals surface area contributed by atoms with Gasteiger partial charge in [-0.1, -0.05) is 18.9 Å². The van der Waals surface area contributed by atoms with Gasteiger partial charge in [-0.05, 0) is 45.7 Å². The number of hydrogen-bond acceptors (Lipinski definition) is 2. The summed E-state index contributed by atoms with van der Waals surface area (Å²) in [6.45, 7) is 11.0. The van der Waals surface area contributed by atoms with Gasteiger partial charge in [0.05, 0.1) is 0 Å². The molecule has 0 amide bonds. The minimum Gasteiger partial charge on any atom is -0.313 e. The fourth-order valence-electron chi connectivity index (χ4n) is 2.30. The van der Waals surface area contributed by atoms with Crippen molar-refractivity contribution in [2.45, 2.75) is 51.5 Å². The number of rotatable bonds is 7. The van der Waals surface area contributed by atoms with E-state index in [4.69, 9.17) is 0 Å². The smallest absolute Gasteiger partial charge is 0.0107 e. The molecule has 0 aromatic rings. The third kappa shape index (κ3) is 6.29. The molecule has 2 heteroatoms. The Morgan fingerprint density at radius 1 is 1.25 bits per heavy atom. The average molecular weight is 224 g/mol. The van der Waals surface area contributed by atoms with Crippen LogP contribution in [0.1, 0.15) is 45.4 Å². The van der Waals surface area contributed by atoms with E-state index in [-0.39, 0.29) is 0 Å². The van der Waals surface area contributed by atoms with Crippen LogP contribution in [0.15, 0.2) is 12.7 Å². The number of nitrogens with zero attached hydrogens (tertiary/aromatic N) is 1. The number of likely N-dealkylation sites (tertiary alicyclic amines) is 1. The van der Waals surface area contributed by atoms with Crippen molar-refractivity contribution in [3.63, 3.8) is 0 Å². The molecule has 1 aliphatic rings. The maximum atomic E-state index is 3.76. The Kier molecular flexibility index (Phi) is 7.52. The Morgan fingerprint density at radius 3 is 2.56 bits per heavy atom. The van der Waals surface area contributed by atoms with Gasteiger partial charge in [0, 0.05) is 19.1 Å². The molecular weight excluding hydrogens is 196 g/mol. The van der Waals surface area contributed by atoms with Gasteiger partial charge in [-0.2, -0.15) is 0 Å². The Labute approximate surface area is 101 Å². The van der Waals surface area contributed by atoms with Crippen LogP contribution in [0.25, 0.3) is 0 Å². The molecule has 94 valence electrons. The van der Waals surface area contributed by atoms with E-state index in [9.17, 15) is 0 Å². The normalized spacial score (nSPS) is 20.3. The Balaban J connectivity index is 2.02. The van der Waals surface area contributed by atoms with Crippen LogP contribution in [0.5, 0.6) is 0 Å². The van der Waals surface area contributed by atoms with Crippen LogP contribution in [0, 0.1) is 0 Å². The second kappa shape index (κ2) is 8.77. The Morgan fingerprint density at radius 2 is 1.94 bits per heavy atom. The minimum atomic E-state index is 0.630. The van der Waals surface area contributed by atoms with E-state index >= 15 is 0 Å². The summed E-state index contributed by atoms with van der Waals surface area (Å²) >= 11 is 0. The molecule has 1 heterocycles. The van der Waals surface area contributed by atoms with E-state index in [2.05, 4.69) is 23.7 Å². The van der Waals surface area contributed by atoms with Gasteiger partial charge in [0.1, 0.15) is 0 Å². The first-order valence-electron chi connectivity index (χ1n) is 6.89. The average Bonchev–Trinajstić information content (AvgIpc) is 2.55. The lowest BCUT2D eigenvalue weighted by atomic mass is 10.2. The monoisotopic (exact) mass is 224 g/mol. The zero-order valence-corrected chi connectivity index (χ0v) is 10.9. The molecule has 1 fully saturated rings. The van der Waals surface area contributed by atoms with Gasteiger partial charge in [0.2, 0.25) is 0 Å². The molecule has 1 N–H and O–H groups in total. The van der Waals surface area contributed by atoms with Crippen molar-refractivity contribution in [3.05, 3.63) is 12.7 Å². The fourth-order valence-corrected chi connectivity index (χ4v) is 2.30. The quantitative estimate of drug-likeness (QED) is 0.669. The molecule has 1 unspecified atom stereocenters. The molecule has 0 aromatic carbocycles. The predicted molar refractivity (Wildman–Crippen MR) is 71.8 cm³/mol. The molecule has 0 spiro atoms. The molecule has 0 radical (unpaired) electrons. The standard InChI is InChI=1S/C14H28N2/c1-3-4-9-14(2)15-10-13-16-11-7-5-6-8-12-16/h3,14-15H,1,4-13H2,2H3. The lowest BCUT2D eigenvalue weighted by Crippen LogP contribution is -2.36. The van der Waals surface area contributed by atoms with E-state index in [0.717, 1.165) is 13.0 Å². The van der Waals surface area contributed by atoms with Gasteiger partial charge in [0.25, 0.3) is 0 Å². The van der Waals surface area contributed by atoms with Crippen molar-refractivity contribution in [1.29, 1.82) is 0 Å². The molecule has 0 aromatic heterocycles. The Hall–Kier alpha value is -0.340. The highest BCUT2D eigenvalue weighted by Gasteiger charge is 2.08. The molecule has 1 aliphatic heterocycles. The highest BCUT2D eigenvalue weighted by Crippen LogP contribution is 2.08. The summed E-state index contributed by atoms with van der Waals surface area (Å²) in [7, 11) is 0. The van der Waals surface area contributed by atoms with Crippen molar-refractivity contribution < 1.29 is 0 Å². The van der Waals surface area contributed by atoms with Gasteiger partial charge >= 0.3 is 0 Å². The molecular formula is C14H28N2. The number of hydrogen-bond donors (Lipinski definition) is 1. The lowest BCUT2D eigenvalue weighted by Gasteiger charge is -2.21. The second-order valence-corrected chi connectivity index (χ2v) is 4.98. The van der Waals surface area contributed by atoms with Crippen LogP contribution >= 0.6 is 0 Å². The van der Waals surface area contributed by atoms with Crippen LogP contribution in [-0.4, -0.2) is 37.1 Å². The van der Waals surface area contributed by atoms with E-state index < -0.39 is 0 Å². The van der Waals surface area contributed by atoms with Gasteiger partial charge < -0.3 is 10.2 Å². The van der Waals surface area contributed by atoms with Gasteiger partial charge in [0.15, 0.2) is 0 Å². The summed E-state index contributed by atoms with van der Waals surface area (Å²) in [6, 6.07) is 0.630. The summed E-state index contributed by atoms with van der Waals surface area (Å²) in [5.74, 6) is 0. The molecule has 2 nitrogen and oxygen atoms in total. The molecule has 1 saturated heterocycles. The fraction of sp³-hybridized carbons (Fsp3) is 0.857. The van der Waals surface area contributed by atoms with Gasteiger partial charge in [-0.25, -0.2) is 0 Å². The highest BCUT2D eigenvalue weighted by atomic mass is 15.1. The largest absolute Gasteiger partial charge is 0.313 e. The minimum absolute atomic E-state index is 0.630. The highest BCUT2D eigenvalue weighted by molar-refractivity contribution is 4.72. The summed E-state index contributed by atoms with van der Waals surface area (Å²) in [5, 5.41) is 3.60. The maximum Gasteiger partial charge on any atom is 0.0107 e. The lowest BCUT2D eigenvalue weighted by molar-refractivity contribution is 0.279. The van der Waals surface area contributed by atoms with E-state index in [1.165, 1.54) is 51.7 Å². The van der Waals surface area contributed by atoms with E-state index in [1.807, 2.05) is 6.08 Å². The van der Waals surface area contributed by atoms with Crippen LogP contribution < -0.4 is 5.32 Å². The van der Waals surface area contributed by atoms with Crippen LogP contribution in [0.4, 0.5) is 0 Å². The second-order valence-electron chi connectivity index (χ2n) is 4.98. The van der Waals surface area contributed by atoms with E-state index in [1.54, 1.807) is 0 Å². The van der Waals surface area contributed by atoms with Crippen LogP contribution in [0.2, 0.25) is 0 Å². The van der Waals surface area contributed by atoms with Crippen LogP contribution in [0.3, 0.4) is 0 Å². The van der Waals surface area contributed by atoms with Crippen molar-refractivity contribution in [1.82, 2.24) is 10.2 Å². The zero-order chi connectivity index (χ0) is 11.6. The van der Waals surface area contributed by atoms with Gasteiger partial charge in [-0.15, -0.1) is 6.58 Å². The summed E-state index contributed by atoms with van der Waals surface area (Å²) in [6.07, 6.45) is 9.99. The zero-order valence-electron chi connectivity index (χ0n) is 10.9. The molecule has 1 atom stereocenters. The Bertz CT molecular complexity index is 172. The van der Waals surface area contributed by atoms with Gasteiger partial charge in [-0.3, -0.25) is 0 Å². The first-order chi connectivity index (χ1) is 7.83. The molecule has 0 aliphatic carbocycles. The summed E-state index contributed by atoms with van der Waals surface area (Å²) < 4.78 is 0. The van der Waals surface area contributed by atoms with Crippen LogP contribution in [-0.2, 0) is 0 Å².